The molecule has 0 aliphatic carbocycles. The lowest BCUT2D eigenvalue weighted by atomic mass is 10.2. The van der Waals surface area contributed by atoms with E-state index in [0.717, 1.165) is 43.6 Å². The third kappa shape index (κ3) is 3.14. The standard InChI is InChI=1S/C17H24N4O3S/c1-18-15-4-2-3-5-16(15)21(17(18)22)13-19-7-9-20(10-8-19)14-6-11-25(23,24)12-14/h2-5,14H,6-13H2,1H3. The largest absolute Gasteiger partial charge is 0.329 e. The molecule has 3 heterocycles. The van der Waals surface area contributed by atoms with Crippen molar-refractivity contribution in [2.45, 2.75) is 19.1 Å². The maximum atomic E-state index is 12.5. The molecule has 1 unspecified atom stereocenters. The molecule has 1 aromatic heterocycles. The predicted octanol–water partition coefficient (Wildman–Crippen LogP) is 0.102. The number of piperazine rings is 1. The highest BCUT2D eigenvalue weighted by atomic mass is 32.2. The number of benzene rings is 1. The van der Waals surface area contributed by atoms with Crippen molar-refractivity contribution in [1.82, 2.24) is 18.9 Å². The first kappa shape index (κ1) is 16.8. The van der Waals surface area contributed by atoms with E-state index in [2.05, 4.69) is 9.80 Å². The fraction of sp³-hybridized carbons (Fsp3) is 0.588. The molecular formula is C17H24N4O3S. The molecule has 1 atom stereocenters. The SMILES string of the molecule is Cn1c(=O)n(CN2CCN(C3CCS(=O)(=O)C3)CC2)c2ccccc21. The third-order valence-corrected chi connectivity index (χ3v) is 7.28. The van der Waals surface area contributed by atoms with Crippen LogP contribution in [0.4, 0.5) is 0 Å². The maximum absolute atomic E-state index is 12.5. The zero-order chi connectivity index (χ0) is 17.6. The molecule has 4 rings (SSSR count). The third-order valence-electron chi connectivity index (χ3n) is 5.52. The highest BCUT2D eigenvalue weighted by molar-refractivity contribution is 7.91. The molecule has 2 saturated heterocycles. The molecule has 7 nitrogen and oxygen atoms in total. The monoisotopic (exact) mass is 364 g/mol. The minimum absolute atomic E-state index is 0.00511. The number of fused-ring (bicyclic) bond motifs is 1. The van der Waals surface area contributed by atoms with Crippen LogP contribution >= 0.6 is 0 Å². The van der Waals surface area contributed by atoms with E-state index in [1.54, 1.807) is 11.6 Å². The van der Waals surface area contributed by atoms with Crippen LogP contribution in [-0.2, 0) is 23.6 Å². The molecule has 0 bridgehead atoms. The van der Waals surface area contributed by atoms with E-state index in [1.807, 2.05) is 28.8 Å². The minimum Gasteiger partial charge on any atom is -0.297 e. The molecule has 0 saturated carbocycles. The number of sulfone groups is 1. The van der Waals surface area contributed by atoms with E-state index in [0.29, 0.717) is 18.2 Å². The second-order valence-electron chi connectivity index (χ2n) is 7.11. The van der Waals surface area contributed by atoms with Crippen LogP contribution in [0.5, 0.6) is 0 Å². The molecule has 2 aliphatic heterocycles. The summed E-state index contributed by atoms with van der Waals surface area (Å²) in [6.07, 6.45) is 0.755. The van der Waals surface area contributed by atoms with Crippen molar-refractivity contribution in [3.8, 4) is 0 Å². The predicted molar refractivity (Wildman–Crippen MR) is 97.4 cm³/mol. The van der Waals surface area contributed by atoms with Crippen LogP contribution in [0.1, 0.15) is 6.42 Å². The Kier molecular flexibility index (Phi) is 4.21. The maximum Gasteiger partial charge on any atom is 0.329 e. The van der Waals surface area contributed by atoms with Gasteiger partial charge in [0.05, 0.1) is 29.2 Å². The van der Waals surface area contributed by atoms with Crippen LogP contribution in [0, 0.1) is 0 Å². The zero-order valence-corrected chi connectivity index (χ0v) is 15.3. The van der Waals surface area contributed by atoms with E-state index < -0.39 is 9.84 Å². The van der Waals surface area contributed by atoms with E-state index >= 15 is 0 Å². The molecule has 0 spiro atoms. The zero-order valence-electron chi connectivity index (χ0n) is 14.5. The molecule has 2 aliphatic rings. The van der Waals surface area contributed by atoms with Gasteiger partial charge in [0.1, 0.15) is 0 Å². The number of rotatable bonds is 3. The summed E-state index contributed by atoms with van der Waals surface area (Å²) in [7, 11) is -1.03. The highest BCUT2D eigenvalue weighted by Gasteiger charge is 2.33. The summed E-state index contributed by atoms with van der Waals surface area (Å²) >= 11 is 0. The van der Waals surface area contributed by atoms with Crippen molar-refractivity contribution in [3.63, 3.8) is 0 Å². The van der Waals surface area contributed by atoms with Gasteiger partial charge in [-0.25, -0.2) is 13.2 Å². The Bertz CT molecular complexity index is 938. The van der Waals surface area contributed by atoms with Gasteiger partial charge in [0.25, 0.3) is 0 Å². The lowest BCUT2D eigenvalue weighted by Gasteiger charge is -2.37. The van der Waals surface area contributed by atoms with Gasteiger partial charge in [-0.05, 0) is 18.6 Å². The first-order chi connectivity index (χ1) is 11.9. The van der Waals surface area contributed by atoms with Crippen LogP contribution in [0.3, 0.4) is 0 Å². The number of aryl methyl sites for hydroxylation is 1. The molecular weight excluding hydrogens is 340 g/mol. The van der Waals surface area contributed by atoms with Gasteiger partial charge in [-0.15, -0.1) is 0 Å². The number of para-hydroxylation sites is 2. The summed E-state index contributed by atoms with van der Waals surface area (Å²) in [5.41, 5.74) is 1.91. The first-order valence-corrected chi connectivity index (χ1v) is 10.6. The Labute approximate surface area is 147 Å². The molecule has 2 fully saturated rings. The molecule has 136 valence electrons. The molecule has 1 aromatic carbocycles. The number of hydrogen-bond acceptors (Lipinski definition) is 5. The van der Waals surface area contributed by atoms with Crippen LogP contribution in [0.25, 0.3) is 11.0 Å². The molecule has 25 heavy (non-hydrogen) atoms. The molecule has 0 radical (unpaired) electrons. The Morgan fingerprint density at radius 2 is 1.76 bits per heavy atom. The number of aromatic nitrogens is 2. The summed E-state index contributed by atoms with van der Waals surface area (Å²) < 4.78 is 26.9. The molecule has 2 aromatic rings. The van der Waals surface area contributed by atoms with Crippen LogP contribution < -0.4 is 5.69 Å². The summed E-state index contributed by atoms with van der Waals surface area (Å²) in [5.74, 6) is 0.624. The molecule has 8 heteroatoms. The van der Waals surface area contributed by atoms with E-state index in [-0.39, 0.29) is 11.7 Å². The van der Waals surface area contributed by atoms with Gasteiger partial charge in [-0.2, -0.15) is 0 Å². The van der Waals surface area contributed by atoms with Gasteiger partial charge in [0.15, 0.2) is 9.84 Å². The van der Waals surface area contributed by atoms with Crippen molar-refractivity contribution < 1.29 is 8.42 Å². The van der Waals surface area contributed by atoms with Gasteiger partial charge in [0, 0.05) is 39.3 Å². The lowest BCUT2D eigenvalue weighted by molar-refractivity contribution is 0.0847. The van der Waals surface area contributed by atoms with Gasteiger partial charge in [0.2, 0.25) is 0 Å². The van der Waals surface area contributed by atoms with Crippen molar-refractivity contribution in [1.29, 1.82) is 0 Å². The van der Waals surface area contributed by atoms with E-state index in [9.17, 15) is 13.2 Å². The fourth-order valence-corrected chi connectivity index (χ4v) is 5.79. The Morgan fingerprint density at radius 3 is 2.40 bits per heavy atom. The average Bonchev–Trinajstić information content (AvgIpc) is 3.09. The average molecular weight is 364 g/mol. The highest BCUT2D eigenvalue weighted by Crippen LogP contribution is 2.20. The quantitative estimate of drug-likeness (QED) is 0.773. The minimum atomic E-state index is -2.84. The summed E-state index contributed by atoms with van der Waals surface area (Å²) in [4.78, 5) is 17.1. The lowest BCUT2D eigenvalue weighted by Crippen LogP contribution is -2.51. The summed E-state index contributed by atoms with van der Waals surface area (Å²) in [5, 5.41) is 0. The second kappa shape index (κ2) is 6.26. The molecule has 0 amide bonds. The number of nitrogens with zero attached hydrogens (tertiary/aromatic N) is 4. The van der Waals surface area contributed by atoms with Gasteiger partial charge in [-0.3, -0.25) is 18.9 Å². The second-order valence-corrected chi connectivity index (χ2v) is 9.34. The van der Waals surface area contributed by atoms with Gasteiger partial charge >= 0.3 is 5.69 Å². The first-order valence-electron chi connectivity index (χ1n) is 8.76. The Morgan fingerprint density at radius 1 is 1.08 bits per heavy atom. The van der Waals surface area contributed by atoms with E-state index in [1.165, 1.54) is 0 Å². The fourth-order valence-electron chi connectivity index (χ4n) is 4.03. The Hall–Kier alpha value is -1.64. The van der Waals surface area contributed by atoms with Gasteiger partial charge in [-0.1, -0.05) is 12.1 Å². The normalized spacial score (nSPS) is 24.9. The van der Waals surface area contributed by atoms with Crippen molar-refractivity contribution in [3.05, 3.63) is 34.7 Å². The van der Waals surface area contributed by atoms with Crippen molar-refractivity contribution in [2.75, 3.05) is 37.7 Å². The Balaban J connectivity index is 1.45. The smallest absolute Gasteiger partial charge is 0.297 e. The van der Waals surface area contributed by atoms with Gasteiger partial charge < -0.3 is 0 Å². The van der Waals surface area contributed by atoms with Crippen molar-refractivity contribution in [2.24, 2.45) is 7.05 Å². The van der Waals surface area contributed by atoms with E-state index in [4.69, 9.17) is 0 Å². The van der Waals surface area contributed by atoms with Crippen LogP contribution in [0.2, 0.25) is 0 Å². The topological polar surface area (TPSA) is 67.6 Å². The van der Waals surface area contributed by atoms with Crippen LogP contribution in [-0.4, -0.2) is 71.1 Å². The van der Waals surface area contributed by atoms with Crippen molar-refractivity contribution >= 4 is 20.9 Å². The molecule has 0 N–H and O–H groups in total. The van der Waals surface area contributed by atoms with Crippen LogP contribution in [0.15, 0.2) is 29.1 Å². The summed E-state index contributed by atoms with van der Waals surface area (Å²) in [6, 6.07) is 8.02. The summed E-state index contributed by atoms with van der Waals surface area (Å²) in [6.45, 7) is 4.01. The number of hydrogen-bond donors (Lipinski definition) is 0. The number of imidazole rings is 1.